The molecule has 0 fully saturated rings. The SMILES string of the molecule is CCOC(=O)[C@@H]1Cc2ccc(O)c(c2)-c2cc(ccc2O)[C@H](N(C)C(=O)[C@H](CCCCN)NC(=O)c2ccc(-c3ccc(Cl)cc3)cc2)C(=O)N[C@@H](C)C(=O)N1. The third-order valence-corrected chi connectivity index (χ3v) is 9.88. The number of unbranched alkanes of at least 4 members (excludes halogenated alkanes) is 1. The van der Waals surface area contributed by atoms with Gasteiger partial charge in [0.2, 0.25) is 17.7 Å². The van der Waals surface area contributed by atoms with Crippen LogP contribution in [0.5, 0.6) is 11.5 Å². The van der Waals surface area contributed by atoms with Crippen LogP contribution in [0.1, 0.15) is 60.6 Å². The average Bonchev–Trinajstić information content (AvgIpc) is 3.18. The van der Waals surface area contributed by atoms with Gasteiger partial charge in [0.05, 0.1) is 6.61 Å². The van der Waals surface area contributed by atoms with Crippen molar-refractivity contribution >= 4 is 41.2 Å². The zero-order chi connectivity index (χ0) is 40.5. The van der Waals surface area contributed by atoms with Crippen LogP contribution in [0.3, 0.4) is 0 Å². The highest BCUT2D eigenvalue weighted by atomic mass is 35.5. The number of nitrogens with one attached hydrogen (secondary N) is 3. The van der Waals surface area contributed by atoms with Crippen LogP contribution in [0.4, 0.5) is 0 Å². The van der Waals surface area contributed by atoms with E-state index in [1.807, 2.05) is 12.1 Å². The summed E-state index contributed by atoms with van der Waals surface area (Å²) in [6.45, 7) is 3.50. The van der Waals surface area contributed by atoms with Crippen molar-refractivity contribution in [3.05, 3.63) is 107 Å². The first kappa shape index (κ1) is 41.2. The molecule has 1 heterocycles. The number of nitrogens with zero attached hydrogens (tertiary/aromatic N) is 1. The number of esters is 1. The van der Waals surface area contributed by atoms with Crippen LogP contribution < -0.4 is 21.7 Å². The van der Waals surface area contributed by atoms with Crippen molar-refractivity contribution in [3.63, 3.8) is 0 Å². The van der Waals surface area contributed by atoms with E-state index in [9.17, 15) is 34.2 Å². The summed E-state index contributed by atoms with van der Waals surface area (Å²) in [5.41, 5.74) is 8.95. The van der Waals surface area contributed by atoms with Gasteiger partial charge >= 0.3 is 5.97 Å². The second-order valence-corrected chi connectivity index (χ2v) is 14.1. The summed E-state index contributed by atoms with van der Waals surface area (Å²) in [5, 5.41) is 30.7. The topological polar surface area (TPSA) is 200 Å². The first-order chi connectivity index (χ1) is 26.8. The van der Waals surface area contributed by atoms with Gasteiger partial charge in [0.25, 0.3) is 5.91 Å². The second-order valence-electron chi connectivity index (χ2n) is 13.6. The Kier molecular flexibility index (Phi) is 13.7. The lowest BCUT2D eigenvalue weighted by Gasteiger charge is -2.32. The van der Waals surface area contributed by atoms with Gasteiger partial charge in [-0.15, -0.1) is 0 Å². The number of nitrogens with two attached hydrogens (primary N) is 1. The molecule has 0 spiro atoms. The highest BCUT2D eigenvalue weighted by Crippen LogP contribution is 2.39. The Labute approximate surface area is 330 Å². The van der Waals surface area contributed by atoms with E-state index in [4.69, 9.17) is 22.1 Å². The maximum absolute atomic E-state index is 14.4. The van der Waals surface area contributed by atoms with Gasteiger partial charge in [0.1, 0.15) is 35.7 Å². The summed E-state index contributed by atoms with van der Waals surface area (Å²) >= 11 is 6.03. The number of rotatable bonds is 11. The number of hydrogen-bond acceptors (Lipinski definition) is 9. The highest BCUT2D eigenvalue weighted by molar-refractivity contribution is 6.30. The Morgan fingerprint density at radius 2 is 1.52 bits per heavy atom. The number of benzene rings is 4. The number of carbonyl (C=O) groups excluding carboxylic acids is 5. The predicted octanol–water partition coefficient (Wildman–Crippen LogP) is 4.62. The van der Waals surface area contributed by atoms with E-state index in [1.54, 1.807) is 55.5 Å². The molecule has 0 saturated carbocycles. The van der Waals surface area contributed by atoms with Crippen molar-refractivity contribution in [1.82, 2.24) is 20.9 Å². The third kappa shape index (κ3) is 9.84. The number of aromatic hydroxyl groups is 2. The fourth-order valence-corrected chi connectivity index (χ4v) is 6.69. The van der Waals surface area contributed by atoms with Crippen LogP contribution in [0.15, 0.2) is 84.9 Å². The Hall–Kier alpha value is -5.92. The number of phenols is 2. The molecule has 14 heteroatoms. The van der Waals surface area contributed by atoms with Crippen molar-refractivity contribution in [3.8, 4) is 33.8 Å². The number of carbonyl (C=O) groups is 5. The number of ether oxygens (including phenoxy) is 1. The molecule has 1 aliphatic heterocycles. The van der Waals surface area contributed by atoms with Gasteiger partial charge in [-0.2, -0.15) is 0 Å². The minimum atomic E-state index is -1.39. The smallest absolute Gasteiger partial charge is 0.328 e. The monoisotopic (exact) mass is 783 g/mol. The van der Waals surface area contributed by atoms with E-state index in [0.29, 0.717) is 35.5 Å². The molecular weight excluding hydrogens is 738 g/mol. The summed E-state index contributed by atoms with van der Waals surface area (Å²) in [6, 6.07) is 18.2. The van der Waals surface area contributed by atoms with E-state index in [2.05, 4.69) is 16.0 Å². The van der Waals surface area contributed by atoms with E-state index < -0.39 is 53.8 Å². The molecule has 4 aromatic rings. The van der Waals surface area contributed by atoms with E-state index >= 15 is 0 Å². The number of halogens is 1. The van der Waals surface area contributed by atoms with Crippen LogP contribution >= 0.6 is 11.6 Å². The molecule has 13 nitrogen and oxygen atoms in total. The fraction of sp³-hybridized carbons (Fsp3) is 0.310. The lowest BCUT2D eigenvalue weighted by Crippen LogP contribution is -2.55. The molecule has 4 atom stereocenters. The maximum Gasteiger partial charge on any atom is 0.328 e. The average molecular weight is 784 g/mol. The summed E-state index contributed by atoms with van der Waals surface area (Å²) in [7, 11) is 1.41. The summed E-state index contributed by atoms with van der Waals surface area (Å²) < 4.78 is 5.20. The lowest BCUT2D eigenvalue weighted by atomic mass is 9.93. The van der Waals surface area contributed by atoms with Crippen molar-refractivity contribution in [2.24, 2.45) is 5.73 Å². The van der Waals surface area contributed by atoms with Crippen LogP contribution in [0.2, 0.25) is 5.02 Å². The summed E-state index contributed by atoms with van der Waals surface area (Å²) in [4.78, 5) is 69.9. The molecule has 4 amide bonds. The normalized spacial score (nSPS) is 17.4. The molecular formula is C42H46ClN5O8. The Bertz CT molecular complexity index is 2070. The van der Waals surface area contributed by atoms with Gasteiger partial charge < -0.3 is 41.5 Å². The maximum atomic E-state index is 14.4. The molecule has 0 radical (unpaired) electrons. The Balaban J connectivity index is 1.50. The van der Waals surface area contributed by atoms with Crippen molar-refractivity contribution in [2.45, 2.75) is 63.7 Å². The van der Waals surface area contributed by atoms with Gasteiger partial charge in [0, 0.05) is 35.2 Å². The first-order valence-electron chi connectivity index (χ1n) is 18.4. The fourth-order valence-electron chi connectivity index (χ4n) is 6.56. The van der Waals surface area contributed by atoms with Crippen LogP contribution in [0.25, 0.3) is 22.3 Å². The van der Waals surface area contributed by atoms with Gasteiger partial charge in [-0.25, -0.2) is 4.79 Å². The second kappa shape index (κ2) is 18.6. The first-order valence-corrected chi connectivity index (χ1v) is 18.7. The minimum Gasteiger partial charge on any atom is -0.507 e. The molecule has 0 aliphatic carbocycles. The van der Waals surface area contributed by atoms with Gasteiger partial charge in [0.15, 0.2) is 0 Å². The molecule has 0 aromatic heterocycles. The molecule has 7 N–H and O–H groups in total. The standard InChI is InChI=1S/C42H46ClN5O8/c1-4-56-42(55)34-22-25-8-18-35(49)31(21-25)32-23-29(15-19-36(32)50)37(40(53)45-24(2)38(51)47-34)48(3)41(54)33(7-5-6-20-44)46-39(52)28-11-9-26(10-12-28)27-13-16-30(43)17-14-27/h8-19,21,23-24,33-34,37,49-50H,4-7,20,22,44H2,1-3H3,(H,45,53)(H,46,52)(H,47,51)/t24-,33-,34-,37-/m0/s1. The molecule has 56 heavy (non-hydrogen) atoms. The molecule has 4 bridgehead atoms. The van der Waals surface area contributed by atoms with Gasteiger partial charge in [-0.1, -0.05) is 48.0 Å². The summed E-state index contributed by atoms with van der Waals surface area (Å²) in [5.74, 6) is -3.67. The van der Waals surface area contributed by atoms with E-state index in [-0.39, 0.29) is 47.6 Å². The predicted molar refractivity (Wildman–Crippen MR) is 212 cm³/mol. The number of amides is 4. The number of phenolic OH excluding ortho intramolecular Hbond substituents is 2. The van der Waals surface area contributed by atoms with Crippen molar-refractivity contribution in [2.75, 3.05) is 20.2 Å². The molecule has 5 rings (SSSR count). The largest absolute Gasteiger partial charge is 0.507 e. The van der Waals surface area contributed by atoms with Crippen LogP contribution in [-0.4, -0.2) is 83.0 Å². The lowest BCUT2D eigenvalue weighted by molar-refractivity contribution is -0.147. The minimum absolute atomic E-state index is 0.0113. The van der Waals surface area contributed by atoms with E-state index in [1.165, 1.54) is 43.1 Å². The van der Waals surface area contributed by atoms with Crippen molar-refractivity contribution < 1.29 is 38.9 Å². The number of likely N-dealkylation sites (N-methyl/N-ethyl adjacent to an activating group) is 1. The van der Waals surface area contributed by atoms with Crippen molar-refractivity contribution in [1.29, 1.82) is 0 Å². The zero-order valence-corrected chi connectivity index (χ0v) is 32.1. The van der Waals surface area contributed by atoms with Crippen LogP contribution in [-0.2, 0) is 30.3 Å². The third-order valence-electron chi connectivity index (χ3n) is 9.63. The molecule has 0 unspecified atom stereocenters. The Morgan fingerprint density at radius 3 is 2.16 bits per heavy atom. The Morgan fingerprint density at radius 1 is 0.893 bits per heavy atom. The van der Waals surface area contributed by atoms with Crippen LogP contribution in [0, 0.1) is 0 Å². The zero-order valence-electron chi connectivity index (χ0n) is 31.4. The summed E-state index contributed by atoms with van der Waals surface area (Å²) in [6.07, 6.45) is 1.26. The molecule has 1 aliphatic rings. The molecule has 4 aromatic carbocycles. The highest BCUT2D eigenvalue weighted by Gasteiger charge is 2.36. The van der Waals surface area contributed by atoms with E-state index in [0.717, 1.165) is 11.1 Å². The molecule has 0 saturated heterocycles. The number of fused-ring (bicyclic) bond motifs is 5. The van der Waals surface area contributed by atoms with Gasteiger partial charge in [-0.3, -0.25) is 19.2 Å². The van der Waals surface area contributed by atoms with Gasteiger partial charge in [-0.05, 0) is 110 Å². The quantitative estimate of drug-likeness (QED) is 0.0928. The number of hydrogen-bond donors (Lipinski definition) is 6. The molecule has 294 valence electrons.